The zero-order valence-corrected chi connectivity index (χ0v) is 17.7. The second kappa shape index (κ2) is 10.3. The van der Waals surface area contributed by atoms with Crippen LogP contribution in [0.5, 0.6) is 11.5 Å². The number of aromatic nitrogens is 2. The number of rotatable bonds is 6. The molecule has 1 aliphatic rings. The smallest absolute Gasteiger partial charge is 0.437 e. The van der Waals surface area contributed by atoms with Gasteiger partial charge < -0.3 is 24.8 Å². The molecule has 186 valence electrons. The Balaban J connectivity index is 1.77. The first-order chi connectivity index (χ1) is 16.0. The van der Waals surface area contributed by atoms with Gasteiger partial charge in [-0.15, -0.1) is 0 Å². The van der Waals surface area contributed by atoms with E-state index in [1.165, 1.54) is 0 Å². The number of nitrogens with zero attached hydrogens (tertiary/aromatic N) is 2. The van der Waals surface area contributed by atoms with Gasteiger partial charge in [-0.3, -0.25) is 0 Å². The molecule has 1 aliphatic heterocycles. The molecule has 0 spiro atoms. The zero-order chi connectivity index (χ0) is 24.9. The standard InChI is InChI=1S/C20H20F6N4O4/c1-32-14-7-12(19(21,22)23)6-13(8-14)29-17-27-10-15(16(30-17)20(24,25)26)34-18(31)28-9-11-2-4-33-5-3-11/h6-8,10-11H,2-5,9H2,1H3,(H,28,31)(H,27,29,30). The molecule has 0 saturated carbocycles. The zero-order valence-electron chi connectivity index (χ0n) is 17.7. The molecule has 0 bridgehead atoms. The van der Waals surface area contributed by atoms with E-state index in [2.05, 4.69) is 20.6 Å². The minimum Gasteiger partial charge on any atom is -0.497 e. The molecular weight excluding hydrogens is 474 g/mol. The first-order valence-electron chi connectivity index (χ1n) is 9.96. The average Bonchev–Trinajstić information content (AvgIpc) is 2.78. The van der Waals surface area contributed by atoms with Gasteiger partial charge in [0, 0.05) is 31.5 Å². The molecule has 2 N–H and O–H groups in total. The predicted molar refractivity (Wildman–Crippen MR) is 106 cm³/mol. The Bertz CT molecular complexity index is 1010. The van der Waals surface area contributed by atoms with Gasteiger partial charge in [-0.25, -0.2) is 14.8 Å². The lowest BCUT2D eigenvalue weighted by molar-refractivity contribution is -0.142. The van der Waals surface area contributed by atoms with E-state index in [4.69, 9.17) is 14.2 Å². The van der Waals surface area contributed by atoms with Crippen LogP contribution in [0.4, 0.5) is 42.8 Å². The molecule has 3 rings (SSSR count). The fraction of sp³-hybridized carbons (Fsp3) is 0.450. The van der Waals surface area contributed by atoms with Crippen LogP contribution in [-0.4, -0.2) is 42.9 Å². The van der Waals surface area contributed by atoms with Crippen LogP contribution in [0, 0.1) is 5.92 Å². The van der Waals surface area contributed by atoms with E-state index in [9.17, 15) is 31.1 Å². The summed E-state index contributed by atoms with van der Waals surface area (Å²) in [5, 5.41) is 4.67. The molecular formula is C20H20F6N4O4. The number of hydrogen-bond donors (Lipinski definition) is 2. The van der Waals surface area contributed by atoms with Gasteiger partial charge in [-0.05, 0) is 30.9 Å². The van der Waals surface area contributed by atoms with Crippen molar-refractivity contribution in [3.05, 3.63) is 35.7 Å². The molecule has 1 amide bonds. The number of nitrogens with one attached hydrogen (secondary N) is 2. The summed E-state index contributed by atoms with van der Waals surface area (Å²) in [6, 6.07) is 2.51. The van der Waals surface area contributed by atoms with Gasteiger partial charge in [-0.1, -0.05) is 0 Å². The molecule has 0 radical (unpaired) electrons. The Hall–Kier alpha value is -3.29. The lowest BCUT2D eigenvalue weighted by Gasteiger charge is -2.22. The molecule has 34 heavy (non-hydrogen) atoms. The molecule has 2 aromatic rings. The highest BCUT2D eigenvalue weighted by Gasteiger charge is 2.38. The van der Waals surface area contributed by atoms with Crippen molar-refractivity contribution >= 4 is 17.7 Å². The van der Waals surface area contributed by atoms with Crippen LogP contribution >= 0.6 is 0 Å². The summed E-state index contributed by atoms with van der Waals surface area (Å²) in [6.07, 6.45) is -8.89. The third-order valence-electron chi connectivity index (χ3n) is 4.83. The monoisotopic (exact) mass is 494 g/mol. The van der Waals surface area contributed by atoms with Crippen molar-refractivity contribution in [2.45, 2.75) is 25.2 Å². The fourth-order valence-corrected chi connectivity index (χ4v) is 3.10. The largest absolute Gasteiger partial charge is 0.497 e. The van der Waals surface area contributed by atoms with E-state index in [0.717, 1.165) is 19.2 Å². The van der Waals surface area contributed by atoms with E-state index in [0.29, 0.717) is 38.3 Å². The molecule has 0 aliphatic carbocycles. The van der Waals surface area contributed by atoms with E-state index in [-0.39, 0.29) is 23.9 Å². The second-order valence-corrected chi connectivity index (χ2v) is 7.30. The number of carbonyl (C=O) groups is 1. The van der Waals surface area contributed by atoms with Gasteiger partial charge in [0.2, 0.25) is 5.95 Å². The van der Waals surface area contributed by atoms with Gasteiger partial charge in [0.15, 0.2) is 11.4 Å². The summed E-state index contributed by atoms with van der Waals surface area (Å²) in [5.41, 5.74) is -2.93. The lowest BCUT2D eigenvalue weighted by atomic mass is 10.0. The molecule has 2 heterocycles. The van der Waals surface area contributed by atoms with Crippen molar-refractivity contribution < 1.29 is 45.3 Å². The molecule has 1 fully saturated rings. The fourth-order valence-electron chi connectivity index (χ4n) is 3.10. The van der Waals surface area contributed by atoms with Crippen LogP contribution in [-0.2, 0) is 17.1 Å². The topological polar surface area (TPSA) is 94.6 Å². The lowest BCUT2D eigenvalue weighted by Crippen LogP contribution is -2.34. The maximum absolute atomic E-state index is 13.5. The average molecular weight is 494 g/mol. The van der Waals surface area contributed by atoms with Gasteiger partial charge in [0.05, 0.1) is 18.9 Å². The molecule has 0 unspecified atom stereocenters. The normalized spacial score (nSPS) is 15.0. The van der Waals surface area contributed by atoms with E-state index < -0.39 is 41.4 Å². The van der Waals surface area contributed by atoms with E-state index in [1.807, 2.05) is 0 Å². The van der Waals surface area contributed by atoms with Crippen LogP contribution < -0.4 is 20.1 Å². The van der Waals surface area contributed by atoms with Gasteiger partial charge in [0.25, 0.3) is 0 Å². The van der Waals surface area contributed by atoms with Crippen molar-refractivity contribution in [1.29, 1.82) is 0 Å². The molecule has 1 aromatic carbocycles. The Kier molecular flexibility index (Phi) is 7.69. The minimum atomic E-state index is -5.04. The van der Waals surface area contributed by atoms with Crippen LogP contribution in [0.2, 0.25) is 0 Å². The van der Waals surface area contributed by atoms with Crippen LogP contribution in [0.3, 0.4) is 0 Å². The number of ether oxygens (including phenoxy) is 3. The van der Waals surface area contributed by atoms with Crippen molar-refractivity contribution in [3.8, 4) is 11.5 Å². The Morgan fingerprint density at radius 1 is 1.12 bits per heavy atom. The molecule has 1 aromatic heterocycles. The highest BCUT2D eigenvalue weighted by atomic mass is 19.4. The Morgan fingerprint density at radius 3 is 2.44 bits per heavy atom. The summed E-state index contributed by atoms with van der Waals surface area (Å²) in [7, 11) is 1.14. The Morgan fingerprint density at radius 2 is 1.82 bits per heavy atom. The molecule has 8 nitrogen and oxygen atoms in total. The van der Waals surface area contributed by atoms with Crippen LogP contribution in [0.1, 0.15) is 24.1 Å². The van der Waals surface area contributed by atoms with Crippen LogP contribution in [0.25, 0.3) is 0 Å². The summed E-state index contributed by atoms with van der Waals surface area (Å²) in [6.45, 7) is 1.25. The minimum absolute atomic E-state index is 0.107. The first kappa shape index (κ1) is 25.3. The van der Waals surface area contributed by atoms with Gasteiger partial charge in [-0.2, -0.15) is 26.3 Å². The summed E-state index contributed by atoms with van der Waals surface area (Å²) in [5.74, 6) is -1.70. The number of carbonyl (C=O) groups excluding carboxylic acids is 1. The summed E-state index contributed by atoms with van der Waals surface area (Å²) >= 11 is 0. The van der Waals surface area contributed by atoms with E-state index >= 15 is 0 Å². The van der Waals surface area contributed by atoms with Crippen molar-refractivity contribution in [1.82, 2.24) is 15.3 Å². The van der Waals surface area contributed by atoms with Crippen molar-refractivity contribution in [2.75, 3.05) is 32.2 Å². The molecule has 14 heteroatoms. The van der Waals surface area contributed by atoms with Gasteiger partial charge >= 0.3 is 18.4 Å². The summed E-state index contributed by atoms with van der Waals surface area (Å²) < 4.78 is 94.5. The number of halogens is 6. The van der Waals surface area contributed by atoms with Crippen LogP contribution in [0.15, 0.2) is 24.4 Å². The SMILES string of the molecule is COc1cc(Nc2ncc(OC(=O)NCC3CCOCC3)c(C(F)(F)F)n2)cc(C(F)(F)F)c1. The number of amides is 1. The highest BCUT2D eigenvalue weighted by Crippen LogP contribution is 2.37. The Labute approximate surface area is 189 Å². The van der Waals surface area contributed by atoms with Crippen molar-refractivity contribution in [2.24, 2.45) is 5.92 Å². The third kappa shape index (κ3) is 6.85. The molecule has 0 atom stereocenters. The van der Waals surface area contributed by atoms with Gasteiger partial charge in [0.1, 0.15) is 5.75 Å². The van der Waals surface area contributed by atoms with E-state index in [1.54, 1.807) is 0 Å². The van der Waals surface area contributed by atoms with Crippen molar-refractivity contribution in [3.63, 3.8) is 0 Å². The summed E-state index contributed by atoms with van der Waals surface area (Å²) in [4.78, 5) is 18.9. The second-order valence-electron chi connectivity index (χ2n) is 7.30. The maximum Gasteiger partial charge on any atom is 0.437 e. The molecule has 1 saturated heterocycles. The highest BCUT2D eigenvalue weighted by molar-refractivity contribution is 5.70. The number of benzene rings is 1. The number of anilines is 2. The number of methoxy groups -OCH3 is 1. The number of alkyl halides is 6. The third-order valence-corrected chi connectivity index (χ3v) is 4.83. The maximum atomic E-state index is 13.5. The predicted octanol–water partition coefficient (Wildman–Crippen LogP) is 4.78. The quantitative estimate of drug-likeness (QED) is 0.558. The number of hydrogen-bond acceptors (Lipinski definition) is 7. The first-order valence-corrected chi connectivity index (χ1v) is 9.96.